The Kier molecular flexibility index (Phi) is 3.87. The molecule has 7 nitrogen and oxygen atoms in total. The van der Waals surface area contributed by atoms with E-state index in [1.807, 2.05) is 41.6 Å². The zero-order valence-electron chi connectivity index (χ0n) is 15.3. The number of hydrogen-bond acceptors (Lipinski definition) is 6. The van der Waals surface area contributed by atoms with Gasteiger partial charge in [-0.3, -0.25) is 9.69 Å². The molecule has 0 saturated carbocycles. The van der Waals surface area contributed by atoms with E-state index in [2.05, 4.69) is 14.9 Å². The van der Waals surface area contributed by atoms with Crippen LogP contribution >= 0.6 is 0 Å². The molecule has 140 valence electrons. The summed E-state index contributed by atoms with van der Waals surface area (Å²) in [7, 11) is 1.65. The van der Waals surface area contributed by atoms with Crippen LogP contribution in [0.1, 0.15) is 18.4 Å². The molecule has 0 unspecified atom stereocenters. The van der Waals surface area contributed by atoms with Gasteiger partial charge in [-0.25, -0.2) is 9.97 Å². The van der Waals surface area contributed by atoms with E-state index in [-0.39, 0.29) is 11.9 Å². The number of nitrogens with zero attached hydrogens (tertiary/aromatic N) is 4. The number of para-hydroxylation sites is 1. The van der Waals surface area contributed by atoms with Crippen molar-refractivity contribution in [2.24, 2.45) is 0 Å². The first kappa shape index (κ1) is 16.6. The molecule has 0 bridgehead atoms. The number of carbonyl (C=O) groups excluding carboxylic acids is 1. The van der Waals surface area contributed by atoms with Crippen LogP contribution in [0.15, 0.2) is 36.7 Å². The van der Waals surface area contributed by atoms with Gasteiger partial charge < -0.3 is 14.4 Å². The molecule has 0 aliphatic carbocycles. The first-order valence-electron chi connectivity index (χ1n) is 9.34. The second kappa shape index (κ2) is 6.28. The molecule has 27 heavy (non-hydrogen) atoms. The molecule has 1 aromatic carbocycles. The van der Waals surface area contributed by atoms with E-state index in [1.54, 1.807) is 7.11 Å². The minimum absolute atomic E-state index is 0.126. The second-order valence-corrected chi connectivity index (χ2v) is 7.29. The first-order chi connectivity index (χ1) is 13.2. The maximum atomic E-state index is 12.3. The minimum atomic E-state index is -0.394. The van der Waals surface area contributed by atoms with Crippen LogP contribution in [0.4, 0.5) is 0 Å². The van der Waals surface area contributed by atoms with Gasteiger partial charge in [-0.2, -0.15) is 0 Å². The Morgan fingerprint density at radius 1 is 1.26 bits per heavy atom. The van der Waals surface area contributed by atoms with Crippen LogP contribution in [0.2, 0.25) is 0 Å². The highest BCUT2D eigenvalue weighted by atomic mass is 16.5. The van der Waals surface area contributed by atoms with Crippen molar-refractivity contribution in [2.75, 3.05) is 26.8 Å². The number of methoxy groups -OCH3 is 1. The number of hydrogen-bond donors (Lipinski definition) is 0. The maximum Gasteiger partial charge on any atom is 0.226 e. The van der Waals surface area contributed by atoms with Crippen molar-refractivity contribution in [1.82, 2.24) is 19.8 Å². The van der Waals surface area contributed by atoms with Crippen LogP contribution in [0.3, 0.4) is 0 Å². The quantitative estimate of drug-likeness (QED) is 0.820. The van der Waals surface area contributed by atoms with Gasteiger partial charge in [0.1, 0.15) is 5.75 Å². The number of aromatic nitrogens is 2. The average molecular weight is 366 g/mol. The van der Waals surface area contributed by atoms with Crippen LogP contribution in [0, 0.1) is 0 Å². The molecule has 1 spiro atoms. The smallest absolute Gasteiger partial charge is 0.226 e. The summed E-state index contributed by atoms with van der Waals surface area (Å²) in [5.74, 6) is 1.62. The number of carbonyl (C=O) groups is 1. The van der Waals surface area contributed by atoms with Gasteiger partial charge in [0.05, 0.1) is 25.3 Å². The summed E-state index contributed by atoms with van der Waals surface area (Å²) in [6.45, 7) is 3.01. The molecule has 0 radical (unpaired) electrons. The molecule has 3 aliphatic heterocycles. The van der Waals surface area contributed by atoms with E-state index in [0.29, 0.717) is 18.9 Å². The van der Waals surface area contributed by atoms with Gasteiger partial charge in [0.25, 0.3) is 0 Å². The predicted molar refractivity (Wildman–Crippen MR) is 97.8 cm³/mol. The van der Waals surface area contributed by atoms with E-state index in [1.165, 1.54) is 0 Å². The number of ether oxygens (including phenoxy) is 2. The summed E-state index contributed by atoms with van der Waals surface area (Å²) >= 11 is 0. The zero-order valence-corrected chi connectivity index (χ0v) is 15.3. The van der Waals surface area contributed by atoms with Gasteiger partial charge in [-0.15, -0.1) is 0 Å². The summed E-state index contributed by atoms with van der Waals surface area (Å²) in [6.07, 6.45) is 5.15. The van der Waals surface area contributed by atoms with E-state index in [4.69, 9.17) is 9.47 Å². The molecule has 1 aromatic heterocycles. The fourth-order valence-electron chi connectivity index (χ4n) is 4.70. The fourth-order valence-corrected chi connectivity index (χ4v) is 4.70. The Labute approximate surface area is 157 Å². The molecule has 0 N–H and O–H groups in total. The van der Waals surface area contributed by atoms with E-state index in [9.17, 15) is 4.79 Å². The number of amides is 1. The van der Waals surface area contributed by atoms with Gasteiger partial charge in [-0.05, 0) is 12.1 Å². The lowest BCUT2D eigenvalue weighted by Gasteiger charge is -2.31. The lowest BCUT2D eigenvalue weighted by atomic mass is 10.1. The molecule has 7 heteroatoms. The van der Waals surface area contributed by atoms with Gasteiger partial charge in [-0.1, -0.05) is 12.1 Å². The van der Waals surface area contributed by atoms with Gasteiger partial charge in [0, 0.05) is 50.4 Å². The number of likely N-dealkylation sites (tertiary alicyclic amines) is 1. The minimum Gasteiger partial charge on any atom is -0.496 e. The monoisotopic (exact) mass is 366 g/mol. The average Bonchev–Trinajstić information content (AvgIpc) is 3.34. The molecule has 3 fully saturated rings. The lowest BCUT2D eigenvalue weighted by Crippen LogP contribution is -2.47. The third-order valence-electron chi connectivity index (χ3n) is 5.95. The summed E-state index contributed by atoms with van der Waals surface area (Å²) in [5.41, 5.74) is 1.52. The van der Waals surface area contributed by atoms with Crippen LogP contribution in [0.25, 0.3) is 11.4 Å². The van der Waals surface area contributed by atoms with Crippen molar-refractivity contribution >= 4 is 5.91 Å². The molecule has 1 amide bonds. The highest BCUT2D eigenvalue weighted by Crippen LogP contribution is 2.45. The van der Waals surface area contributed by atoms with Gasteiger partial charge >= 0.3 is 0 Å². The molecule has 2 atom stereocenters. The zero-order chi connectivity index (χ0) is 18.4. The number of rotatable bonds is 4. The molecular formula is C20H22N4O3. The van der Waals surface area contributed by atoms with Crippen molar-refractivity contribution < 1.29 is 14.3 Å². The fraction of sp³-hybridized carbons (Fsp3) is 0.450. The van der Waals surface area contributed by atoms with Crippen molar-refractivity contribution in [1.29, 1.82) is 0 Å². The Morgan fingerprint density at radius 3 is 2.89 bits per heavy atom. The topological polar surface area (TPSA) is 67.8 Å². The molecule has 3 saturated heterocycles. The highest BCUT2D eigenvalue weighted by molar-refractivity contribution is 5.81. The highest BCUT2D eigenvalue weighted by Gasteiger charge is 2.61. The Bertz CT molecular complexity index is 872. The summed E-state index contributed by atoms with van der Waals surface area (Å²) < 4.78 is 11.4. The third-order valence-corrected chi connectivity index (χ3v) is 5.95. The largest absolute Gasteiger partial charge is 0.496 e. The molecule has 5 rings (SSSR count). The van der Waals surface area contributed by atoms with Gasteiger partial charge in [0.2, 0.25) is 5.91 Å². The van der Waals surface area contributed by atoms with Crippen LogP contribution in [-0.2, 0) is 16.1 Å². The third kappa shape index (κ3) is 2.53. The second-order valence-electron chi connectivity index (χ2n) is 7.29. The van der Waals surface area contributed by atoms with Crippen molar-refractivity contribution in [3.63, 3.8) is 0 Å². The SMILES string of the molecule is COc1ccccc1-c1ncc(CN2CC[C@@]34OCCN3C(=O)C[C@@H]24)cn1. The van der Waals surface area contributed by atoms with Crippen LogP contribution < -0.4 is 4.74 Å². The van der Waals surface area contributed by atoms with Crippen molar-refractivity contribution in [2.45, 2.75) is 31.2 Å². The lowest BCUT2D eigenvalue weighted by molar-refractivity contribution is -0.136. The predicted octanol–water partition coefficient (Wildman–Crippen LogP) is 1.69. The normalized spacial score (nSPS) is 27.1. The van der Waals surface area contributed by atoms with E-state index in [0.717, 1.165) is 42.9 Å². The van der Waals surface area contributed by atoms with Crippen LogP contribution in [0.5, 0.6) is 5.75 Å². The Morgan fingerprint density at radius 2 is 2.07 bits per heavy atom. The molecular weight excluding hydrogens is 344 g/mol. The number of benzene rings is 1. The summed E-state index contributed by atoms with van der Waals surface area (Å²) in [5, 5.41) is 0. The Balaban J connectivity index is 1.34. The molecule has 2 aromatic rings. The summed E-state index contributed by atoms with van der Waals surface area (Å²) in [6, 6.07) is 7.86. The van der Waals surface area contributed by atoms with Crippen molar-refractivity contribution in [3.8, 4) is 17.1 Å². The van der Waals surface area contributed by atoms with E-state index >= 15 is 0 Å². The van der Waals surface area contributed by atoms with Crippen molar-refractivity contribution in [3.05, 3.63) is 42.2 Å². The van der Waals surface area contributed by atoms with Crippen LogP contribution in [-0.4, -0.2) is 64.2 Å². The molecule has 4 heterocycles. The van der Waals surface area contributed by atoms with E-state index < -0.39 is 5.72 Å². The standard InChI is InChI=1S/C20H22N4O3/c1-26-16-5-3-2-4-15(16)19-21-11-14(12-22-19)13-23-7-6-20-17(23)10-18(25)24(20)8-9-27-20/h2-5,11-12,17H,6-10,13H2,1H3/t17-,20+/m1/s1. The Hall–Kier alpha value is -2.51. The summed E-state index contributed by atoms with van der Waals surface area (Å²) in [4.78, 5) is 25.7. The van der Waals surface area contributed by atoms with Gasteiger partial charge in [0.15, 0.2) is 11.5 Å². The molecule has 3 aliphatic rings. The maximum absolute atomic E-state index is 12.3. The first-order valence-corrected chi connectivity index (χ1v) is 9.34.